The van der Waals surface area contributed by atoms with Crippen molar-refractivity contribution in [1.29, 1.82) is 0 Å². The first kappa shape index (κ1) is 26.8. The highest BCUT2D eigenvalue weighted by Crippen LogP contribution is 2.41. The van der Waals surface area contributed by atoms with Gasteiger partial charge in [0.15, 0.2) is 0 Å². The molecule has 0 spiro atoms. The molecule has 1 atom stereocenters. The topological polar surface area (TPSA) is 70.6 Å². The Morgan fingerprint density at radius 1 is 1.14 bits per heavy atom. The number of aryl methyl sites for hydroxylation is 1. The van der Waals surface area contributed by atoms with Gasteiger partial charge in [-0.2, -0.15) is 4.31 Å². The van der Waals surface area contributed by atoms with E-state index >= 15 is 0 Å². The average Bonchev–Trinajstić information content (AvgIpc) is 3.14. The van der Waals surface area contributed by atoms with Gasteiger partial charge in [0.1, 0.15) is 6.04 Å². The molecule has 2 fully saturated rings. The van der Waals surface area contributed by atoms with Crippen LogP contribution in [-0.4, -0.2) is 66.0 Å². The molecule has 0 bridgehead atoms. The fraction of sp³-hybridized carbons (Fsp3) is 0.500. The van der Waals surface area contributed by atoms with Gasteiger partial charge in [-0.05, 0) is 44.0 Å². The van der Waals surface area contributed by atoms with E-state index in [9.17, 15) is 30.8 Å². The van der Waals surface area contributed by atoms with E-state index < -0.39 is 65.7 Å². The van der Waals surface area contributed by atoms with Gasteiger partial charge in [0.05, 0.1) is 22.2 Å². The Morgan fingerprint density at radius 3 is 2.44 bits per heavy atom. The van der Waals surface area contributed by atoms with Crippen LogP contribution in [0.2, 0.25) is 5.02 Å². The summed E-state index contributed by atoms with van der Waals surface area (Å²) in [6.45, 7) is 0.557. The third-order valence-electron chi connectivity index (χ3n) is 6.83. The maximum Gasteiger partial charge on any atom is 0.263 e. The molecule has 1 saturated carbocycles. The number of likely N-dealkylation sites (N-methyl/N-ethyl adjacent to an activating group) is 1. The molecule has 196 valence electrons. The number of carbonyl (C=O) groups is 1. The summed E-state index contributed by atoms with van der Waals surface area (Å²) in [5.74, 6) is -7.11. The molecule has 2 aliphatic rings. The maximum absolute atomic E-state index is 14.6. The molecule has 0 unspecified atom stereocenters. The van der Waals surface area contributed by atoms with Gasteiger partial charge in [0.2, 0.25) is 21.9 Å². The predicted molar refractivity (Wildman–Crippen MR) is 127 cm³/mol. The Morgan fingerprint density at radius 2 is 1.81 bits per heavy atom. The minimum absolute atomic E-state index is 0.00535. The number of sulfonamides is 1. The number of carbonyl (C=O) groups excluding carboxylic acids is 1. The zero-order valence-corrected chi connectivity index (χ0v) is 21.3. The Kier molecular flexibility index (Phi) is 7.13. The van der Waals surface area contributed by atoms with E-state index in [2.05, 4.69) is 4.98 Å². The minimum Gasteiger partial charge on any atom is -0.341 e. The minimum atomic E-state index is -4.61. The number of aromatic nitrogens is 1. The van der Waals surface area contributed by atoms with Crippen LogP contribution in [0, 0.1) is 6.92 Å². The van der Waals surface area contributed by atoms with Gasteiger partial charge < -0.3 is 4.90 Å². The number of pyridine rings is 1. The number of amides is 1. The summed E-state index contributed by atoms with van der Waals surface area (Å²) < 4.78 is 84.5. The van der Waals surface area contributed by atoms with Crippen molar-refractivity contribution in [3.8, 4) is 11.3 Å². The lowest BCUT2D eigenvalue weighted by Gasteiger charge is -2.36. The summed E-state index contributed by atoms with van der Waals surface area (Å²) in [5, 5.41) is 0.174. The van der Waals surface area contributed by atoms with Crippen LogP contribution >= 0.6 is 11.6 Å². The van der Waals surface area contributed by atoms with E-state index in [0.29, 0.717) is 9.87 Å². The van der Waals surface area contributed by atoms with Crippen molar-refractivity contribution in [2.24, 2.45) is 0 Å². The third-order valence-corrected chi connectivity index (χ3v) is 9.05. The molecular weight excluding hydrogens is 522 g/mol. The van der Waals surface area contributed by atoms with E-state index in [1.165, 1.54) is 31.4 Å². The molecule has 1 aliphatic heterocycles. The van der Waals surface area contributed by atoms with Crippen LogP contribution in [0.5, 0.6) is 0 Å². The van der Waals surface area contributed by atoms with Crippen LogP contribution in [-0.2, 0) is 14.8 Å². The van der Waals surface area contributed by atoms with E-state index in [1.807, 2.05) is 0 Å². The number of halogens is 5. The molecule has 1 saturated heterocycles. The Balaban J connectivity index is 1.71. The van der Waals surface area contributed by atoms with Crippen molar-refractivity contribution in [3.05, 3.63) is 47.1 Å². The molecule has 1 aliphatic carbocycles. The number of hydrogen-bond acceptors (Lipinski definition) is 4. The molecule has 1 aromatic heterocycles. The fourth-order valence-electron chi connectivity index (χ4n) is 4.84. The highest BCUT2D eigenvalue weighted by Gasteiger charge is 2.54. The van der Waals surface area contributed by atoms with Crippen LogP contribution < -0.4 is 0 Å². The van der Waals surface area contributed by atoms with Gasteiger partial charge in [-0.15, -0.1) is 0 Å². The number of rotatable bonds is 5. The lowest BCUT2D eigenvalue weighted by molar-refractivity contribution is -0.138. The Hall–Kier alpha value is -2.24. The van der Waals surface area contributed by atoms with E-state index in [0.717, 1.165) is 4.90 Å². The summed E-state index contributed by atoms with van der Waals surface area (Å²) in [5.41, 5.74) is 0.985. The summed E-state index contributed by atoms with van der Waals surface area (Å²) in [6, 6.07) is 5.19. The predicted octanol–water partition coefficient (Wildman–Crippen LogP) is 5.15. The first-order chi connectivity index (χ1) is 16.7. The van der Waals surface area contributed by atoms with Gasteiger partial charge in [-0.25, -0.2) is 26.0 Å². The fourth-order valence-corrected chi connectivity index (χ4v) is 6.85. The largest absolute Gasteiger partial charge is 0.341 e. The van der Waals surface area contributed by atoms with E-state index in [1.54, 1.807) is 19.1 Å². The molecule has 1 aromatic carbocycles. The monoisotopic (exact) mass is 547 g/mol. The third kappa shape index (κ3) is 5.24. The smallest absolute Gasteiger partial charge is 0.263 e. The summed E-state index contributed by atoms with van der Waals surface area (Å²) in [6.07, 6.45) is -0.398. The first-order valence-corrected chi connectivity index (χ1v) is 13.3. The van der Waals surface area contributed by atoms with Crippen LogP contribution in [0.25, 0.3) is 11.3 Å². The van der Waals surface area contributed by atoms with Crippen molar-refractivity contribution in [3.63, 3.8) is 0 Å². The molecule has 2 aromatic rings. The molecule has 4 rings (SSSR count). The summed E-state index contributed by atoms with van der Waals surface area (Å²) in [4.78, 5) is 18.3. The SMILES string of the molecule is Cc1ccc(S(=O)(=O)N2CC(F)(F)C[C@H]2C(=O)N(C)C2CCC(F)(F)CC2)c(-c2ncccc2Cl)c1. The maximum atomic E-state index is 14.6. The molecular formula is C24H26ClF4N3O3S. The van der Waals surface area contributed by atoms with Gasteiger partial charge in [0.25, 0.3) is 5.92 Å². The number of alkyl halides is 4. The van der Waals surface area contributed by atoms with Crippen molar-refractivity contribution in [1.82, 2.24) is 14.2 Å². The summed E-state index contributed by atoms with van der Waals surface area (Å²) >= 11 is 6.26. The van der Waals surface area contributed by atoms with E-state index in [4.69, 9.17) is 11.6 Å². The van der Waals surface area contributed by atoms with Crippen LogP contribution in [0.15, 0.2) is 41.4 Å². The lowest BCUT2D eigenvalue weighted by atomic mass is 9.91. The highest BCUT2D eigenvalue weighted by atomic mass is 35.5. The van der Waals surface area contributed by atoms with Crippen molar-refractivity contribution < 1.29 is 30.8 Å². The molecule has 12 heteroatoms. The quantitative estimate of drug-likeness (QED) is 0.486. The average molecular weight is 548 g/mol. The van der Waals surface area contributed by atoms with E-state index in [-0.39, 0.29) is 34.0 Å². The summed E-state index contributed by atoms with van der Waals surface area (Å²) in [7, 11) is -3.26. The van der Waals surface area contributed by atoms with Crippen molar-refractivity contribution in [2.75, 3.05) is 13.6 Å². The van der Waals surface area contributed by atoms with Gasteiger partial charge in [-0.1, -0.05) is 23.2 Å². The number of nitrogens with zero attached hydrogens (tertiary/aromatic N) is 3. The van der Waals surface area contributed by atoms with Gasteiger partial charge in [-0.3, -0.25) is 9.78 Å². The van der Waals surface area contributed by atoms with Crippen molar-refractivity contribution >= 4 is 27.5 Å². The van der Waals surface area contributed by atoms with Crippen molar-refractivity contribution in [2.45, 2.75) is 67.9 Å². The molecule has 6 nitrogen and oxygen atoms in total. The van der Waals surface area contributed by atoms with Crippen LogP contribution in [0.1, 0.15) is 37.7 Å². The molecule has 36 heavy (non-hydrogen) atoms. The zero-order valence-electron chi connectivity index (χ0n) is 19.7. The standard InChI is InChI=1S/C24H26ClF4N3O3S/c1-15-5-6-20(17(12-15)21-18(25)4-3-11-30-21)36(34,35)32-14-24(28,29)13-19(32)22(33)31(2)16-7-9-23(26,27)10-8-16/h3-6,11-12,16,19H,7-10,13-14H2,1-2H3/t19-/m0/s1. The second kappa shape index (κ2) is 9.57. The van der Waals surface area contributed by atoms with Gasteiger partial charge >= 0.3 is 0 Å². The van der Waals surface area contributed by atoms with Crippen LogP contribution in [0.4, 0.5) is 17.6 Å². The highest BCUT2D eigenvalue weighted by molar-refractivity contribution is 7.89. The number of benzene rings is 1. The Labute approximate surface area is 212 Å². The molecule has 0 radical (unpaired) electrons. The number of hydrogen-bond donors (Lipinski definition) is 0. The second-order valence-corrected chi connectivity index (χ2v) is 11.8. The molecule has 0 N–H and O–H groups in total. The van der Waals surface area contributed by atoms with Crippen LogP contribution in [0.3, 0.4) is 0 Å². The second-order valence-electron chi connectivity index (χ2n) is 9.50. The molecule has 2 heterocycles. The first-order valence-electron chi connectivity index (χ1n) is 11.5. The molecule has 1 amide bonds. The lowest BCUT2D eigenvalue weighted by Crippen LogP contribution is -2.50. The zero-order chi connectivity index (χ0) is 26.5. The normalized spacial score (nSPS) is 22.5. The van der Waals surface area contributed by atoms with Gasteiger partial charge in [0, 0.05) is 44.1 Å². The Bertz CT molecular complexity index is 1270.